The summed E-state index contributed by atoms with van der Waals surface area (Å²) in [6.45, 7) is 3.68. The first-order chi connectivity index (χ1) is 14.4. The number of aryl methyl sites for hydroxylation is 2. The van der Waals surface area contributed by atoms with E-state index in [1.165, 1.54) is 12.1 Å². The Bertz CT molecular complexity index is 1280. The Hall–Kier alpha value is -3.81. The highest BCUT2D eigenvalue weighted by Gasteiger charge is 2.18. The maximum atomic E-state index is 13.0. The molecule has 0 spiro atoms. The number of benzene rings is 2. The third-order valence-corrected chi connectivity index (χ3v) is 4.88. The highest BCUT2D eigenvalue weighted by Crippen LogP contribution is 2.20. The van der Waals surface area contributed by atoms with Crippen LogP contribution >= 0.6 is 0 Å². The van der Waals surface area contributed by atoms with Gasteiger partial charge in [0.1, 0.15) is 12.4 Å². The molecule has 1 amide bonds. The first-order valence-electron chi connectivity index (χ1n) is 9.47. The molecule has 2 aromatic carbocycles. The highest BCUT2D eigenvalue weighted by molar-refractivity contribution is 5.83. The number of aromatic nitrogens is 4. The van der Waals surface area contributed by atoms with Gasteiger partial charge in [-0.15, -0.1) is 0 Å². The normalized spacial score (nSPS) is 11.0. The predicted molar refractivity (Wildman–Crippen MR) is 111 cm³/mol. The molecule has 30 heavy (non-hydrogen) atoms. The van der Waals surface area contributed by atoms with Crippen LogP contribution in [0.3, 0.4) is 0 Å². The van der Waals surface area contributed by atoms with Crippen LogP contribution in [0.4, 0.5) is 4.39 Å². The number of para-hydroxylation sites is 1. The van der Waals surface area contributed by atoms with Crippen LogP contribution < -0.4 is 10.9 Å². The van der Waals surface area contributed by atoms with Gasteiger partial charge in [-0.3, -0.25) is 9.59 Å². The molecule has 7 nitrogen and oxygen atoms in total. The molecule has 1 N–H and O–H groups in total. The number of halogens is 1. The van der Waals surface area contributed by atoms with E-state index in [2.05, 4.69) is 15.5 Å². The number of rotatable bonds is 5. The summed E-state index contributed by atoms with van der Waals surface area (Å²) in [5.41, 5.74) is 2.88. The molecule has 0 saturated carbocycles. The predicted octanol–water partition coefficient (Wildman–Crippen LogP) is 2.65. The van der Waals surface area contributed by atoms with E-state index < -0.39 is 5.56 Å². The van der Waals surface area contributed by atoms with Gasteiger partial charge >= 0.3 is 0 Å². The highest BCUT2D eigenvalue weighted by atomic mass is 19.1. The average molecular weight is 405 g/mol. The smallest absolute Gasteiger partial charge is 0.295 e. The molecule has 4 rings (SSSR count). The Kier molecular flexibility index (Phi) is 5.14. The first kappa shape index (κ1) is 19.5. The van der Waals surface area contributed by atoms with E-state index in [4.69, 9.17) is 0 Å². The van der Waals surface area contributed by atoms with E-state index in [0.717, 1.165) is 21.6 Å². The average Bonchev–Trinajstić information content (AvgIpc) is 3.10. The van der Waals surface area contributed by atoms with Crippen LogP contribution in [-0.4, -0.2) is 25.5 Å². The van der Waals surface area contributed by atoms with Gasteiger partial charge in [0, 0.05) is 6.54 Å². The zero-order valence-corrected chi connectivity index (χ0v) is 16.6. The number of amides is 1. The fourth-order valence-corrected chi connectivity index (χ4v) is 3.41. The number of hydrogen-bond acceptors (Lipinski definition) is 4. The molecule has 0 fully saturated rings. The number of nitrogens with one attached hydrogen (secondary N) is 1. The molecule has 0 bridgehead atoms. The summed E-state index contributed by atoms with van der Waals surface area (Å²) in [6.07, 6.45) is 0. The summed E-state index contributed by atoms with van der Waals surface area (Å²) in [4.78, 5) is 25.3. The summed E-state index contributed by atoms with van der Waals surface area (Å²) >= 11 is 0. The molecule has 0 aliphatic heterocycles. The molecule has 0 aliphatic rings. The topological polar surface area (TPSA) is 81.8 Å². The minimum absolute atomic E-state index is 0.228. The van der Waals surface area contributed by atoms with Crippen LogP contribution in [0.1, 0.15) is 17.0 Å². The summed E-state index contributed by atoms with van der Waals surface area (Å²) in [6, 6.07) is 15.4. The number of carbonyl (C=O) groups excluding carboxylic acids is 1. The van der Waals surface area contributed by atoms with Crippen LogP contribution in [0.25, 0.3) is 16.6 Å². The lowest BCUT2D eigenvalue weighted by Gasteiger charge is -2.08. The molecule has 0 unspecified atom stereocenters. The van der Waals surface area contributed by atoms with Crippen molar-refractivity contribution in [2.45, 2.75) is 26.9 Å². The van der Waals surface area contributed by atoms with Gasteiger partial charge in [-0.1, -0.05) is 30.3 Å². The van der Waals surface area contributed by atoms with Crippen molar-refractivity contribution in [2.24, 2.45) is 0 Å². The summed E-state index contributed by atoms with van der Waals surface area (Å²) < 4.78 is 15.8. The maximum Gasteiger partial charge on any atom is 0.295 e. The summed E-state index contributed by atoms with van der Waals surface area (Å²) in [5.74, 6) is -0.707. The molecule has 4 aromatic rings. The van der Waals surface area contributed by atoms with E-state index in [1.54, 1.807) is 23.7 Å². The van der Waals surface area contributed by atoms with Gasteiger partial charge in [0.25, 0.3) is 5.56 Å². The largest absolute Gasteiger partial charge is 0.350 e. The Balaban J connectivity index is 1.60. The lowest BCUT2D eigenvalue weighted by molar-refractivity contribution is -0.122. The van der Waals surface area contributed by atoms with Crippen molar-refractivity contribution in [3.8, 4) is 5.69 Å². The van der Waals surface area contributed by atoms with E-state index in [1.807, 2.05) is 37.3 Å². The van der Waals surface area contributed by atoms with Gasteiger partial charge < -0.3 is 5.32 Å². The van der Waals surface area contributed by atoms with E-state index >= 15 is 0 Å². The van der Waals surface area contributed by atoms with Crippen molar-refractivity contribution in [1.82, 2.24) is 24.9 Å². The molecule has 0 atom stereocenters. The lowest BCUT2D eigenvalue weighted by atomic mass is 10.2. The lowest BCUT2D eigenvalue weighted by Crippen LogP contribution is -2.34. The second-order valence-electron chi connectivity index (χ2n) is 7.01. The zero-order chi connectivity index (χ0) is 21.3. The molecule has 2 aromatic heterocycles. The van der Waals surface area contributed by atoms with Crippen molar-refractivity contribution < 1.29 is 9.18 Å². The number of nitrogens with zero attached hydrogens (tertiary/aromatic N) is 4. The van der Waals surface area contributed by atoms with E-state index in [9.17, 15) is 14.0 Å². The SMILES string of the molecule is Cc1nn(CC(=O)NCc2ccc(F)cc2)c(=O)c2nn(-c3ccccc3)c(C)c12. The standard InChI is InChI=1S/C22H20FN5O2/c1-14-20-15(2)28(18-6-4-3-5-7-18)26-21(20)22(30)27(25-14)13-19(29)24-12-16-8-10-17(23)11-9-16/h3-11H,12-13H2,1-2H3,(H,24,29). The maximum absolute atomic E-state index is 13.0. The molecule has 0 aliphatic carbocycles. The van der Waals surface area contributed by atoms with E-state index in [0.29, 0.717) is 11.1 Å². The third-order valence-electron chi connectivity index (χ3n) is 4.88. The van der Waals surface area contributed by atoms with Crippen LogP contribution in [-0.2, 0) is 17.9 Å². The van der Waals surface area contributed by atoms with Gasteiger partial charge in [-0.25, -0.2) is 13.8 Å². The summed E-state index contributed by atoms with van der Waals surface area (Å²) in [5, 5.41) is 12.2. The Labute approximate surface area is 171 Å². The quantitative estimate of drug-likeness (QED) is 0.554. The first-order valence-corrected chi connectivity index (χ1v) is 9.47. The minimum atomic E-state index is -0.426. The Morgan fingerprint density at radius 3 is 2.43 bits per heavy atom. The fraction of sp³-hybridized carbons (Fsp3) is 0.182. The molecule has 8 heteroatoms. The second kappa shape index (κ2) is 7.90. The number of hydrogen-bond donors (Lipinski definition) is 1. The minimum Gasteiger partial charge on any atom is -0.350 e. The molecule has 0 saturated heterocycles. The van der Waals surface area contributed by atoms with Gasteiger partial charge in [-0.2, -0.15) is 10.2 Å². The van der Waals surface area contributed by atoms with Gasteiger partial charge in [0.2, 0.25) is 5.91 Å². The Morgan fingerprint density at radius 1 is 1.03 bits per heavy atom. The van der Waals surface area contributed by atoms with Crippen LogP contribution in [0.15, 0.2) is 59.4 Å². The zero-order valence-electron chi connectivity index (χ0n) is 16.6. The third kappa shape index (κ3) is 3.71. The number of carbonyl (C=O) groups is 1. The molecular weight excluding hydrogens is 385 g/mol. The van der Waals surface area contributed by atoms with Gasteiger partial charge in [-0.05, 0) is 43.7 Å². The monoisotopic (exact) mass is 405 g/mol. The van der Waals surface area contributed by atoms with Crippen molar-refractivity contribution in [3.05, 3.63) is 87.7 Å². The number of fused-ring (bicyclic) bond motifs is 1. The molecular formula is C22H20FN5O2. The second-order valence-corrected chi connectivity index (χ2v) is 7.01. The molecule has 2 heterocycles. The van der Waals surface area contributed by atoms with Gasteiger partial charge in [0.15, 0.2) is 5.52 Å². The van der Waals surface area contributed by atoms with Crippen molar-refractivity contribution >= 4 is 16.8 Å². The van der Waals surface area contributed by atoms with Crippen molar-refractivity contribution in [1.29, 1.82) is 0 Å². The molecule has 152 valence electrons. The Morgan fingerprint density at radius 2 is 1.73 bits per heavy atom. The fourth-order valence-electron chi connectivity index (χ4n) is 3.41. The van der Waals surface area contributed by atoms with Gasteiger partial charge in [0.05, 0.1) is 22.5 Å². The van der Waals surface area contributed by atoms with Crippen molar-refractivity contribution in [2.75, 3.05) is 0 Å². The van der Waals surface area contributed by atoms with Crippen LogP contribution in [0.5, 0.6) is 0 Å². The summed E-state index contributed by atoms with van der Waals surface area (Å²) in [7, 11) is 0. The van der Waals surface area contributed by atoms with E-state index in [-0.39, 0.29) is 30.3 Å². The molecule has 0 radical (unpaired) electrons. The van der Waals surface area contributed by atoms with Crippen LogP contribution in [0, 0.1) is 19.7 Å². The van der Waals surface area contributed by atoms with Crippen LogP contribution in [0.2, 0.25) is 0 Å². The van der Waals surface area contributed by atoms with Crippen molar-refractivity contribution in [3.63, 3.8) is 0 Å².